The summed E-state index contributed by atoms with van der Waals surface area (Å²) in [5, 5.41) is 0. The molecule has 0 nitrogen and oxygen atoms in total. The Balaban J connectivity index is 4.06. The van der Waals surface area contributed by atoms with Gasteiger partial charge in [0.1, 0.15) is 0 Å². The quantitative estimate of drug-likeness (QED) is 0.559. The summed E-state index contributed by atoms with van der Waals surface area (Å²) in [6.07, 6.45) is 4.17. The highest BCUT2D eigenvalue weighted by molar-refractivity contribution is 4.70. The van der Waals surface area contributed by atoms with Crippen LogP contribution < -0.4 is 0 Å². The van der Waals surface area contributed by atoms with Gasteiger partial charge in [-0.3, -0.25) is 0 Å². The molecule has 0 aromatic heterocycles. The molecular weight excluding hydrogens is 156 g/mol. The topological polar surface area (TPSA) is 0 Å². The van der Waals surface area contributed by atoms with Crippen molar-refractivity contribution in [3.8, 4) is 0 Å². The van der Waals surface area contributed by atoms with E-state index in [4.69, 9.17) is 0 Å². The van der Waals surface area contributed by atoms with Crippen LogP contribution in [0.5, 0.6) is 0 Å². The van der Waals surface area contributed by atoms with Gasteiger partial charge in [0.05, 0.1) is 0 Å². The summed E-state index contributed by atoms with van der Waals surface area (Å²) in [5.41, 5.74) is 0. The van der Waals surface area contributed by atoms with Gasteiger partial charge >= 0.3 is 0 Å². The molecule has 0 aliphatic heterocycles. The minimum absolute atomic E-state index is 0.843. The number of hydrogen-bond donors (Lipinski definition) is 0. The van der Waals surface area contributed by atoms with Crippen LogP contribution in [0.4, 0.5) is 0 Å². The molecule has 0 rings (SSSR count). The summed E-state index contributed by atoms with van der Waals surface area (Å²) in [7, 11) is 0. The average molecular weight is 184 g/mol. The lowest BCUT2D eigenvalue weighted by molar-refractivity contribution is 0.225. The van der Waals surface area contributed by atoms with E-state index in [0.29, 0.717) is 0 Å². The van der Waals surface area contributed by atoms with Crippen molar-refractivity contribution in [3.63, 3.8) is 0 Å². The van der Waals surface area contributed by atoms with E-state index < -0.39 is 0 Å². The first-order chi connectivity index (χ1) is 5.99. The van der Waals surface area contributed by atoms with E-state index in [0.717, 1.165) is 23.7 Å². The molecular formula is C13H28. The Morgan fingerprint density at radius 2 is 1.46 bits per heavy atom. The second-order valence-corrected chi connectivity index (χ2v) is 5.28. The normalized spacial score (nSPS) is 16.6. The SMILES string of the molecule is CCCC(CC(C)C)C(C)C(C)C. The van der Waals surface area contributed by atoms with Crippen LogP contribution in [0.15, 0.2) is 0 Å². The summed E-state index contributed by atoms with van der Waals surface area (Å²) < 4.78 is 0. The second-order valence-electron chi connectivity index (χ2n) is 5.28. The van der Waals surface area contributed by atoms with Gasteiger partial charge in [0.15, 0.2) is 0 Å². The van der Waals surface area contributed by atoms with E-state index in [-0.39, 0.29) is 0 Å². The maximum Gasteiger partial charge on any atom is -0.0384 e. The molecule has 0 bridgehead atoms. The molecule has 2 atom stereocenters. The van der Waals surface area contributed by atoms with Crippen LogP contribution in [0.3, 0.4) is 0 Å². The zero-order valence-corrected chi connectivity index (χ0v) is 10.4. The zero-order valence-electron chi connectivity index (χ0n) is 10.4. The lowest BCUT2D eigenvalue weighted by atomic mass is 9.78. The molecule has 13 heavy (non-hydrogen) atoms. The minimum atomic E-state index is 0.843. The van der Waals surface area contributed by atoms with Crippen molar-refractivity contribution in [2.45, 2.75) is 60.8 Å². The standard InChI is InChI=1S/C13H28/c1-7-8-13(9-10(2)3)12(6)11(4)5/h10-13H,7-9H2,1-6H3. The first-order valence-corrected chi connectivity index (χ1v) is 5.99. The van der Waals surface area contributed by atoms with Gasteiger partial charge in [0, 0.05) is 0 Å². The van der Waals surface area contributed by atoms with Crippen LogP contribution in [0.25, 0.3) is 0 Å². The van der Waals surface area contributed by atoms with Gasteiger partial charge < -0.3 is 0 Å². The second kappa shape index (κ2) is 6.45. The van der Waals surface area contributed by atoms with E-state index in [1.807, 2.05) is 0 Å². The van der Waals surface area contributed by atoms with Gasteiger partial charge in [-0.25, -0.2) is 0 Å². The van der Waals surface area contributed by atoms with Gasteiger partial charge in [0.2, 0.25) is 0 Å². The van der Waals surface area contributed by atoms with Gasteiger partial charge in [-0.2, -0.15) is 0 Å². The lowest BCUT2D eigenvalue weighted by Crippen LogP contribution is -2.18. The molecule has 0 aliphatic rings. The summed E-state index contributed by atoms with van der Waals surface area (Å²) >= 11 is 0. The minimum Gasteiger partial charge on any atom is -0.0654 e. The van der Waals surface area contributed by atoms with Crippen molar-refractivity contribution in [2.75, 3.05) is 0 Å². The van der Waals surface area contributed by atoms with Crippen LogP contribution >= 0.6 is 0 Å². The van der Waals surface area contributed by atoms with Crippen molar-refractivity contribution in [1.29, 1.82) is 0 Å². The highest BCUT2D eigenvalue weighted by Crippen LogP contribution is 2.29. The average Bonchev–Trinajstić information content (AvgIpc) is 2.01. The van der Waals surface area contributed by atoms with Crippen LogP contribution in [-0.4, -0.2) is 0 Å². The third kappa shape index (κ3) is 5.33. The van der Waals surface area contributed by atoms with Crippen molar-refractivity contribution in [3.05, 3.63) is 0 Å². The predicted molar refractivity (Wildman–Crippen MR) is 61.9 cm³/mol. The molecule has 0 heteroatoms. The Morgan fingerprint density at radius 3 is 1.77 bits per heavy atom. The van der Waals surface area contributed by atoms with E-state index in [9.17, 15) is 0 Å². The Kier molecular flexibility index (Phi) is 6.45. The molecule has 80 valence electrons. The Hall–Kier alpha value is 0. The fourth-order valence-corrected chi connectivity index (χ4v) is 2.12. The predicted octanol–water partition coefficient (Wildman–Crippen LogP) is 4.74. The van der Waals surface area contributed by atoms with Crippen molar-refractivity contribution in [2.24, 2.45) is 23.7 Å². The molecule has 0 saturated heterocycles. The van der Waals surface area contributed by atoms with Crippen LogP contribution in [0, 0.1) is 23.7 Å². The molecule has 0 amide bonds. The van der Waals surface area contributed by atoms with Gasteiger partial charge in [-0.1, -0.05) is 54.4 Å². The summed E-state index contributed by atoms with van der Waals surface area (Å²) in [6, 6.07) is 0. The maximum atomic E-state index is 2.42. The van der Waals surface area contributed by atoms with E-state index in [1.54, 1.807) is 0 Å². The molecule has 0 heterocycles. The third-order valence-corrected chi connectivity index (χ3v) is 3.23. The molecule has 0 aliphatic carbocycles. The molecule has 0 radical (unpaired) electrons. The fraction of sp³-hybridized carbons (Fsp3) is 1.00. The van der Waals surface area contributed by atoms with Crippen LogP contribution in [0.2, 0.25) is 0 Å². The highest BCUT2D eigenvalue weighted by atomic mass is 14.3. The summed E-state index contributed by atoms with van der Waals surface area (Å²) in [4.78, 5) is 0. The first kappa shape index (κ1) is 13.0. The van der Waals surface area contributed by atoms with Gasteiger partial charge in [-0.15, -0.1) is 0 Å². The highest BCUT2D eigenvalue weighted by Gasteiger charge is 2.19. The Bertz CT molecular complexity index is 113. The monoisotopic (exact) mass is 184 g/mol. The smallest absolute Gasteiger partial charge is 0.0384 e. The van der Waals surface area contributed by atoms with Crippen molar-refractivity contribution in [1.82, 2.24) is 0 Å². The van der Waals surface area contributed by atoms with Crippen molar-refractivity contribution >= 4 is 0 Å². The third-order valence-electron chi connectivity index (χ3n) is 3.23. The molecule has 0 fully saturated rings. The van der Waals surface area contributed by atoms with E-state index in [2.05, 4.69) is 41.5 Å². The van der Waals surface area contributed by atoms with Gasteiger partial charge in [-0.05, 0) is 30.1 Å². The zero-order chi connectivity index (χ0) is 10.4. The summed E-state index contributed by atoms with van der Waals surface area (Å²) in [5.74, 6) is 3.54. The molecule has 0 aromatic carbocycles. The Morgan fingerprint density at radius 1 is 0.923 bits per heavy atom. The summed E-state index contributed by atoms with van der Waals surface area (Å²) in [6.45, 7) is 14.1. The maximum absolute atomic E-state index is 2.42. The number of rotatable bonds is 6. The van der Waals surface area contributed by atoms with Gasteiger partial charge in [0.25, 0.3) is 0 Å². The largest absolute Gasteiger partial charge is 0.0654 e. The van der Waals surface area contributed by atoms with Crippen LogP contribution in [-0.2, 0) is 0 Å². The molecule has 0 aromatic rings. The lowest BCUT2D eigenvalue weighted by Gasteiger charge is -2.28. The fourth-order valence-electron chi connectivity index (χ4n) is 2.12. The van der Waals surface area contributed by atoms with E-state index >= 15 is 0 Å². The molecule has 0 N–H and O–H groups in total. The van der Waals surface area contributed by atoms with Crippen LogP contribution in [0.1, 0.15) is 60.8 Å². The first-order valence-electron chi connectivity index (χ1n) is 5.99. The Labute approximate surface area is 85.1 Å². The van der Waals surface area contributed by atoms with Crippen molar-refractivity contribution < 1.29 is 0 Å². The number of hydrogen-bond acceptors (Lipinski definition) is 0. The molecule has 0 spiro atoms. The van der Waals surface area contributed by atoms with E-state index in [1.165, 1.54) is 19.3 Å². The molecule has 0 saturated carbocycles. The molecule has 2 unspecified atom stereocenters.